The Morgan fingerprint density at radius 1 is 1.42 bits per heavy atom. The fourth-order valence-electron chi connectivity index (χ4n) is 3.67. The molecule has 0 radical (unpaired) electrons. The monoisotopic (exact) mass is 263 g/mol. The van der Waals surface area contributed by atoms with Crippen molar-refractivity contribution in [1.29, 1.82) is 0 Å². The Hall–Kier alpha value is -0.830. The molecule has 1 heterocycles. The molecule has 1 aromatic heterocycles. The van der Waals surface area contributed by atoms with E-state index in [0.717, 1.165) is 37.0 Å². The number of hydrogen-bond donors (Lipinski definition) is 1. The molecule has 0 aromatic carbocycles. The average Bonchev–Trinajstić information content (AvgIpc) is 2.94. The van der Waals surface area contributed by atoms with Crippen molar-refractivity contribution in [2.45, 2.75) is 66.0 Å². The van der Waals surface area contributed by atoms with E-state index in [1.165, 1.54) is 25.0 Å². The molecular weight excluding hydrogens is 234 g/mol. The minimum Gasteiger partial charge on any atom is -0.314 e. The quantitative estimate of drug-likeness (QED) is 0.854. The molecule has 3 nitrogen and oxygen atoms in total. The number of nitrogens with zero attached hydrogens (tertiary/aromatic N) is 2. The highest BCUT2D eigenvalue weighted by Gasteiger charge is 2.31. The zero-order chi connectivity index (χ0) is 13.8. The summed E-state index contributed by atoms with van der Waals surface area (Å²) in [5.74, 6) is 1.70. The lowest BCUT2D eigenvalue weighted by Gasteiger charge is -2.28. The molecule has 19 heavy (non-hydrogen) atoms. The molecule has 0 amide bonds. The predicted molar refractivity (Wildman–Crippen MR) is 80.3 cm³/mol. The van der Waals surface area contributed by atoms with Crippen molar-refractivity contribution in [3.05, 3.63) is 17.5 Å². The van der Waals surface area contributed by atoms with Crippen LogP contribution in [-0.4, -0.2) is 22.4 Å². The van der Waals surface area contributed by atoms with Gasteiger partial charge in [0.2, 0.25) is 0 Å². The highest BCUT2D eigenvalue weighted by Crippen LogP contribution is 2.34. The van der Waals surface area contributed by atoms with Gasteiger partial charge in [-0.15, -0.1) is 0 Å². The van der Waals surface area contributed by atoms with Gasteiger partial charge in [0.05, 0.1) is 5.69 Å². The molecule has 0 saturated heterocycles. The normalized spacial score (nSPS) is 24.8. The van der Waals surface area contributed by atoms with E-state index in [0.29, 0.717) is 6.04 Å². The number of hydrogen-bond acceptors (Lipinski definition) is 2. The SMILES string of the molecule is CCNC(Cc1cc(C)nn1CC)C1CCCC1C. The maximum atomic E-state index is 4.58. The van der Waals surface area contributed by atoms with Gasteiger partial charge < -0.3 is 5.32 Å². The summed E-state index contributed by atoms with van der Waals surface area (Å²) >= 11 is 0. The van der Waals surface area contributed by atoms with Gasteiger partial charge in [-0.05, 0) is 44.7 Å². The number of aryl methyl sites for hydroxylation is 2. The van der Waals surface area contributed by atoms with Crippen molar-refractivity contribution < 1.29 is 0 Å². The predicted octanol–water partition coefficient (Wildman–Crippen LogP) is 3.17. The summed E-state index contributed by atoms with van der Waals surface area (Å²) in [5, 5.41) is 8.30. The molecule has 108 valence electrons. The summed E-state index contributed by atoms with van der Waals surface area (Å²) in [6.45, 7) is 10.9. The molecule has 1 fully saturated rings. The van der Waals surface area contributed by atoms with E-state index in [4.69, 9.17) is 0 Å². The summed E-state index contributed by atoms with van der Waals surface area (Å²) in [7, 11) is 0. The number of rotatable bonds is 6. The average molecular weight is 263 g/mol. The Morgan fingerprint density at radius 2 is 2.21 bits per heavy atom. The molecule has 1 N–H and O–H groups in total. The molecule has 2 rings (SSSR count). The van der Waals surface area contributed by atoms with Crippen molar-refractivity contribution in [2.24, 2.45) is 11.8 Å². The minimum absolute atomic E-state index is 0.615. The van der Waals surface area contributed by atoms with Gasteiger partial charge in [-0.3, -0.25) is 4.68 Å². The summed E-state index contributed by atoms with van der Waals surface area (Å²) < 4.78 is 2.17. The molecule has 3 atom stereocenters. The minimum atomic E-state index is 0.615. The van der Waals surface area contributed by atoms with E-state index in [-0.39, 0.29) is 0 Å². The van der Waals surface area contributed by atoms with Crippen LogP contribution in [0.25, 0.3) is 0 Å². The van der Waals surface area contributed by atoms with Crippen LogP contribution in [-0.2, 0) is 13.0 Å². The summed E-state index contributed by atoms with van der Waals surface area (Å²) in [5.41, 5.74) is 2.54. The van der Waals surface area contributed by atoms with Crippen LogP contribution in [0.15, 0.2) is 6.07 Å². The second-order valence-electron chi connectivity index (χ2n) is 6.03. The van der Waals surface area contributed by atoms with Crippen LogP contribution in [0.3, 0.4) is 0 Å². The zero-order valence-corrected chi connectivity index (χ0v) is 12.9. The maximum absolute atomic E-state index is 4.58. The fraction of sp³-hybridized carbons (Fsp3) is 0.812. The molecule has 0 aliphatic heterocycles. The van der Waals surface area contributed by atoms with Gasteiger partial charge in [-0.25, -0.2) is 0 Å². The third-order valence-electron chi connectivity index (χ3n) is 4.63. The summed E-state index contributed by atoms with van der Waals surface area (Å²) in [6.07, 6.45) is 5.31. The number of nitrogens with one attached hydrogen (secondary N) is 1. The highest BCUT2D eigenvalue weighted by atomic mass is 15.3. The Labute approximate surface area is 117 Å². The largest absolute Gasteiger partial charge is 0.314 e. The van der Waals surface area contributed by atoms with Crippen LogP contribution in [0.5, 0.6) is 0 Å². The standard InChI is InChI=1S/C16H29N3/c1-5-17-16(15-9-7-8-12(15)3)11-14-10-13(4)18-19(14)6-2/h10,12,15-17H,5-9,11H2,1-4H3. The van der Waals surface area contributed by atoms with E-state index < -0.39 is 0 Å². The third kappa shape index (κ3) is 3.38. The Bertz CT molecular complexity index is 397. The first-order valence-electron chi connectivity index (χ1n) is 7.92. The lowest BCUT2D eigenvalue weighted by Crippen LogP contribution is -2.39. The van der Waals surface area contributed by atoms with Gasteiger partial charge in [0.1, 0.15) is 0 Å². The molecule has 3 heteroatoms. The van der Waals surface area contributed by atoms with Gasteiger partial charge in [-0.1, -0.05) is 26.7 Å². The first-order valence-corrected chi connectivity index (χ1v) is 7.92. The zero-order valence-electron chi connectivity index (χ0n) is 12.9. The van der Waals surface area contributed by atoms with E-state index in [1.54, 1.807) is 0 Å². The molecule has 1 aliphatic rings. The molecular formula is C16H29N3. The second-order valence-corrected chi connectivity index (χ2v) is 6.03. The van der Waals surface area contributed by atoms with Crippen molar-refractivity contribution in [1.82, 2.24) is 15.1 Å². The molecule has 1 aromatic rings. The van der Waals surface area contributed by atoms with Crippen molar-refractivity contribution in [3.8, 4) is 0 Å². The van der Waals surface area contributed by atoms with E-state index in [9.17, 15) is 0 Å². The molecule has 1 saturated carbocycles. The molecule has 0 spiro atoms. The first-order chi connectivity index (χ1) is 9.15. The van der Waals surface area contributed by atoms with Crippen molar-refractivity contribution in [3.63, 3.8) is 0 Å². The Balaban J connectivity index is 2.11. The van der Waals surface area contributed by atoms with E-state index in [2.05, 4.69) is 48.9 Å². The van der Waals surface area contributed by atoms with Gasteiger partial charge in [0.25, 0.3) is 0 Å². The van der Waals surface area contributed by atoms with Crippen LogP contribution in [0.1, 0.15) is 51.4 Å². The van der Waals surface area contributed by atoms with Gasteiger partial charge >= 0.3 is 0 Å². The van der Waals surface area contributed by atoms with Crippen molar-refractivity contribution in [2.75, 3.05) is 6.54 Å². The highest BCUT2D eigenvalue weighted by molar-refractivity contribution is 5.11. The molecule has 0 bridgehead atoms. The van der Waals surface area contributed by atoms with Crippen LogP contribution in [0.4, 0.5) is 0 Å². The molecule has 3 unspecified atom stereocenters. The smallest absolute Gasteiger partial charge is 0.0596 e. The lowest BCUT2D eigenvalue weighted by atomic mass is 9.87. The summed E-state index contributed by atoms with van der Waals surface area (Å²) in [6, 6.07) is 2.87. The van der Waals surface area contributed by atoms with Crippen LogP contribution >= 0.6 is 0 Å². The van der Waals surface area contributed by atoms with E-state index >= 15 is 0 Å². The third-order valence-corrected chi connectivity index (χ3v) is 4.63. The Kier molecular flexibility index (Phi) is 5.03. The first kappa shape index (κ1) is 14.6. The second kappa shape index (κ2) is 6.56. The topological polar surface area (TPSA) is 29.9 Å². The van der Waals surface area contributed by atoms with Gasteiger partial charge in [-0.2, -0.15) is 5.10 Å². The lowest BCUT2D eigenvalue weighted by molar-refractivity contribution is 0.294. The number of likely N-dealkylation sites (N-methyl/N-ethyl adjacent to an activating group) is 1. The Morgan fingerprint density at radius 3 is 2.79 bits per heavy atom. The van der Waals surface area contributed by atoms with Crippen molar-refractivity contribution >= 4 is 0 Å². The fourth-order valence-corrected chi connectivity index (χ4v) is 3.67. The summed E-state index contributed by atoms with van der Waals surface area (Å²) in [4.78, 5) is 0. The van der Waals surface area contributed by atoms with Gasteiger partial charge in [0, 0.05) is 24.7 Å². The maximum Gasteiger partial charge on any atom is 0.0596 e. The van der Waals surface area contributed by atoms with E-state index in [1.807, 2.05) is 0 Å². The van der Waals surface area contributed by atoms with Crippen LogP contribution < -0.4 is 5.32 Å². The van der Waals surface area contributed by atoms with Crippen LogP contribution in [0, 0.1) is 18.8 Å². The van der Waals surface area contributed by atoms with Gasteiger partial charge in [0.15, 0.2) is 0 Å². The van der Waals surface area contributed by atoms with Crippen LogP contribution in [0.2, 0.25) is 0 Å². The number of aromatic nitrogens is 2. The molecule has 1 aliphatic carbocycles.